The molecule has 2 aromatic heterocycles. The lowest BCUT2D eigenvalue weighted by molar-refractivity contribution is 0.137. The molecule has 1 aromatic carbocycles. The van der Waals surface area contributed by atoms with Gasteiger partial charge in [-0.1, -0.05) is 24.6 Å². The maximum atomic E-state index is 14.0. The van der Waals surface area contributed by atoms with Crippen LogP contribution in [-0.4, -0.2) is 31.9 Å². The van der Waals surface area contributed by atoms with Gasteiger partial charge in [-0.05, 0) is 43.5 Å². The number of halogens is 1. The summed E-state index contributed by atoms with van der Waals surface area (Å²) in [5.74, 6) is 0.634. The van der Waals surface area contributed by atoms with Crippen molar-refractivity contribution in [1.82, 2.24) is 19.3 Å². The summed E-state index contributed by atoms with van der Waals surface area (Å²) < 4.78 is 15.9. The second kappa shape index (κ2) is 6.69. The van der Waals surface area contributed by atoms with Gasteiger partial charge in [-0.2, -0.15) is 0 Å². The molecule has 1 aliphatic rings. The summed E-state index contributed by atoms with van der Waals surface area (Å²) in [6.45, 7) is 1.84. The van der Waals surface area contributed by atoms with E-state index in [1.165, 1.54) is 12.8 Å². The third-order valence-electron chi connectivity index (χ3n) is 4.81. The minimum absolute atomic E-state index is 0.0973. The van der Waals surface area contributed by atoms with Crippen LogP contribution in [-0.2, 0) is 13.0 Å². The van der Waals surface area contributed by atoms with Crippen LogP contribution in [0.2, 0.25) is 0 Å². The van der Waals surface area contributed by atoms with E-state index >= 15 is 0 Å². The van der Waals surface area contributed by atoms with Gasteiger partial charge in [0.15, 0.2) is 0 Å². The minimum Gasteiger partial charge on any atom is -0.294 e. The van der Waals surface area contributed by atoms with Crippen LogP contribution in [0.3, 0.4) is 0 Å². The summed E-state index contributed by atoms with van der Waals surface area (Å²) in [5.41, 5.74) is 1.83. The molecule has 0 radical (unpaired) electrons. The first-order valence-corrected chi connectivity index (χ1v) is 8.55. The lowest BCUT2D eigenvalue weighted by Gasteiger charge is -2.35. The molecule has 0 spiro atoms. The van der Waals surface area contributed by atoms with Crippen molar-refractivity contribution in [2.45, 2.75) is 38.3 Å². The molecule has 1 atom stereocenters. The molecule has 0 aliphatic carbocycles. The molecule has 1 fully saturated rings. The van der Waals surface area contributed by atoms with Crippen molar-refractivity contribution < 1.29 is 4.39 Å². The lowest BCUT2D eigenvalue weighted by atomic mass is 9.95. The summed E-state index contributed by atoms with van der Waals surface area (Å²) in [7, 11) is 0. The number of likely N-dealkylation sites (tertiary alicyclic amines) is 1. The Morgan fingerprint density at radius 2 is 2.08 bits per heavy atom. The van der Waals surface area contributed by atoms with E-state index in [9.17, 15) is 4.39 Å². The Morgan fingerprint density at radius 3 is 2.96 bits per heavy atom. The number of hydrogen-bond donors (Lipinski definition) is 0. The van der Waals surface area contributed by atoms with Crippen LogP contribution in [0.1, 0.15) is 30.5 Å². The highest BCUT2D eigenvalue weighted by Crippen LogP contribution is 2.23. The standard InChI is InChI=1S/C19H21FN4/c20-18-8-2-1-6-15(18)12-17-7-3-4-10-23(17)13-16-14-24-11-5-9-21-19(24)22-16/h1-2,5-6,8-9,11,14,17H,3-4,7,10,12-13H2. The van der Waals surface area contributed by atoms with Gasteiger partial charge in [0.05, 0.1) is 5.69 Å². The van der Waals surface area contributed by atoms with Crippen molar-refractivity contribution in [3.63, 3.8) is 0 Å². The molecule has 0 bridgehead atoms. The topological polar surface area (TPSA) is 33.4 Å². The number of fused-ring (bicyclic) bond motifs is 1. The molecular weight excluding hydrogens is 303 g/mol. The molecule has 24 heavy (non-hydrogen) atoms. The van der Waals surface area contributed by atoms with Crippen LogP contribution in [0.25, 0.3) is 5.78 Å². The minimum atomic E-state index is -0.0973. The van der Waals surface area contributed by atoms with Crippen molar-refractivity contribution in [3.05, 3.63) is 66.0 Å². The van der Waals surface area contributed by atoms with Crippen LogP contribution in [0, 0.1) is 5.82 Å². The maximum absolute atomic E-state index is 14.0. The fourth-order valence-corrected chi connectivity index (χ4v) is 3.58. The summed E-state index contributed by atoms with van der Waals surface area (Å²) >= 11 is 0. The van der Waals surface area contributed by atoms with Crippen LogP contribution in [0.4, 0.5) is 4.39 Å². The third kappa shape index (κ3) is 3.17. The van der Waals surface area contributed by atoms with E-state index in [0.717, 1.165) is 43.0 Å². The summed E-state index contributed by atoms with van der Waals surface area (Å²) in [6.07, 6.45) is 10.0. The fourth-order valence-electron chi connectivity index (χ4n) is 3.58. The molecule has 4 rings (SSSR count). The average molecular weight is 324 g/mol. The molecule has 3 aromatic rings. The number of imidazole rings is 1. The zero-order valence-electron chi connectivity index (χ0n) is 13.6. The van der Waals surface area contributed by atoms with Crippen molar-refractivity contribution in [2.75, 3.05) is 6.54 Å². The molecule has 1 saturated heterocycles. The van der Waals surface area contributed by atoms with Gasteiger partial charge in [-0.15, -0.1) is 0 Å². The highest BCUT2D eigenvalue weighted by atomic mass is 19.1. The first kappa shape index (κ1) is 15.3. The van der Waals surface area contributed by atoms with E-state index in [1.54, 1.807) is 18.3 Å². The van der Waals surface area contributed by atoms with Crippen molar-refractivity contribution in [3.8, 4) is 0 Å². The Morgan fingerprint density at radius 1 is 1.17 bits per heavy atom. The number of rotatable bonds is 4. The number of hydrogen-bond acceptors (Lipinski definition) is 3. The van der Waals surface area contributed by atoms with Gasteiger partial charge in [-0.3, -0.25) is 9.30 Å². The number of nitrogens with zero attached hydrogens (tertiary/aromatic N) is 4. The van der Waals surface area contributed by atoms with Crippen molar-refractivity contribution in [1.29, 1.82) is 0 Å². The predicted octanol–water partition coefficient (Wildman–Crippen LogP) is 3.47. The number of aromatic nitrogens is 3. The summed E-state index contributed by atoms with van der Waals surface area (Å²) in [4.78, 5) is 11.3. The summed E-state index contributed by atoms with van der Waals surface area (Å²) in [5, 5.41) is 0. The quantitative estimate of drug-likeness (QED) is 0.737. The Labute approximate surface area is 141 Å². The SMILES string of the molecule is Fc1ccccc1CC1CCCCN1Cc1cn2cccnc2n1. The Hall–Kier alpha value is -2.27. The molecule has 4 nitrogen and oxygen atoms in total. The highest BCUT2D eigenvalue weighted by molar-refractivity contribution is 5.29. The van der Waals surface area contributed by atoms with Crippen LogP contribution >= 0.6 is 0 Å². The summed E-state index contributed by atoms with van der Waals surface area (Å²) in [6, 6.07) is 9.39. The molecule has 5 heteroatoms. The van der Waals surface area contributed by atoms with E-state index in [4.69, 9.17) is 0 Å². The van der Waals surface area contributed by atoms with Crippen molar-refractivity contribution >= 4 is 5.78 Å². The van der Waals surface area contributed by atoms with Crippen LogP contribution in [0.15, 0.2) is 48.9 Å². The van der Waals surface area contributed by atoms with Gasteiger partial charge >= 0.3 is 0 Å². The second-order valence-corrected chi connectivity index (χ2v) is 6.47. The average Bonchev–Trinajstić information content (AvgIpc) is 3.01. The van der Waals surface area contributed by atoms with E-state index in [-0.39, 0.29) is 5.82 Å². The Kier molecular flexibility index (Phi) is 4.26. The molecule has 1 aliphatic heterocycles. The van der Waals surface area contributed by atoms with E-state index in [1.807, 2.05) is 35.0 Å². The van der Waals surface area contributed by atoms with E-state index in [2.05, 4.69) is 14.9 Å². The third-order valence-corrected chi connectivity index (χ3v) is 4.81. The monoisotopic (exact) mass is 324 g/mol. The molecule has 3 heterocycles. The highest BCUT2D eigenvalue weighted by Gasteiger charge is 2.24. The van der Waals surface area contributed by atoms with E-state index in [0.29, 0.717) is 6.04 Å². The first-order valence-electron chi connectivity index (χ1n) is 8.55. The number of benzene rings is 1. The van der Waals surface area contributed by atoms with E-state index < -0.39 is 0 Å². The largest absolute Gasteiger partial charge is 0.294 e. The van der Waals surface area contributed by atoms with Gasteiger partial charge in [0.25, 0.3) is 0 Å². The smallest absolute Gasteiger partial charge is 0.233 e. The van der Waals surface area contributed by atoms with Crippen LogP contribution in [0.5, 0.6) is 0 Å². The Bertz CT molecular complexity index is 796. The normalized spacial score (nSPS) is 19.0. The molecular formula is C19H21FN4. The second-order valence-electron chi connectivity index (χ2n) is 6.47. The molecule has 124 valence electrons. The predicted molar refractivity (Wildman–Crippen MR) is 91.1 cm³/mol. The zero-order valence-corrected chi connectivity index (χ0v) is 13.6. The zero-order chi connectivity index (χ0) is 16.4. The lowest BCUT2D eigenvalue weighted by Crippen LogP contribution is -2.40. The molecule has 0 amide bonds. The molecule has 0 N–H and O–H groups in total. The van der Waals surface area contributed by atoms with Gasteiger partial charge in [0.2, 0.25) is 5.78 Å². The Balaban J connectivity index is 1.52. The van der Waals surface area contributed by atoms with Gasteiger partial charge in [0.1, 0.15) is 5.82 Å². The molecule has 0 saturated carbocycles. The van der Waals surface area contributed by atoms with Crippen LogP contribution < -0.4 is 0 Å². The fraction of sp³-hybridized carbons (Fsp3) is 0.368. The first-order chi connectivity index (χ1) is 11.8. The number of piperidine rings is 1. The van der Waals surface area contributed by atoms with Crippen molar-refractivity contribution in [2.24, 2.45) is 0 Å². The van der Waals surface area contributed by atoms with Gasteiger partial charge < -0.3 is 0 Å². The van der Waals surface area contributed by atoms with Gasteiger partial charge in [0, 0.05) is 31.2 Å². The van der Waals surface area contributed by atoms with Gasteiger partial charge in [-0.25, -0.2) is 14.4 Å². The maximum Gasteiger partial charge on any atom is 0.233 e. The molecule has 1 unspecified atom stereocenters.